The summed E-state index contributed by atoms with van der Waals surface area (Å²) in [5, 5.41) is -5.81. The van der Waals surface area contributed by atoms with Gasteiger partial charge in [0, 0.05) is 13.8 Å². The van der Waals surface area contributed by atoms with Gasteiger partial charge in [-0.2, -0.15) is 26.3 Å². The van der Waals surface area contributed by atoms with E-state index in [2.05, 4.69) is 47.7 Å². The molecule has 2 aromatic rings. The van der Waals surface area contributed by atoms with E-state index in [1.807, 2.05) is 38.1 Å². The van der Waals surface area contributed by atoms with Gasteiger partial charge in [-0.15, -0.1) is 0 Å². The molecule has 4 N–H and O–H groups in total. The van der Waals surface area contributed by atoms with Crippen molar-refractivity contribution in [3.8, 4) is 11.5 Å². The normalized spacial score (nSPS) is 14.0. The fourth-order valence-electron chi connectivity index (χ4n) is 2.51. The monoisotopic (exact) mass is 763 g/mol. The average Bonchev–Trinajstić information content (AvgIpc) is 2.85. The Morgan fingerprint density at radius 2 is 0.976 bits per heavy atom. The highest BCUT2D eigenvalue weighted by atomic mass is 127. The molecule has 2 rings (SSSR count). The van der Waals surface area contributed by atoms with Crippen LogP contribution in [-0.4, -0.2) is 45.8 Å². The molecule has 10 nitrogen and oxygen atoms in total. The van der Waals surface area contributed by atoms with Crippen molar-refractivity contribution in [1.29, 1.82) is 0 Å². The minimum absolute atomic E-state index is 0.259. The number of rotatable bonds is 14. The lowest BCUT2D eigenvalue weighted by molar-refractivity contribution is -0.597. The summed E-state index contributed by atoms with van der Waals surface area (Å²) in [6.45, 7) is 10.7. The number of hydrogen-bond acceptors (Lipinski definition) is 8. The van der Waals surface area contributed by atoms with Crippen LogP contribution < -0.4 is 41.0 Å². The summed E-state index contributed by atoms with van der Waals surface area (Å²) < 4.78 is 139. The molecule has 0 bridgehead atoms. The van der Waals surface area contributed by atoms with Gasteiger partial charge in [0.15, 0.2) is 7.14 Å². The third-order valence-corrected chi connectivity index (χ3v) is 9.10. The molecule has 19 heteroatoms. The van der Waals surface area contributed by atoms with E-state index in [-0.39, 0.29) is 33.8 Å². The van der Waals surface area contributed by atoms with Gasteiger partial charge in [-0.1, -0.05) is 13.2 Å². The third kappa shape index (κ3) is 9.64. The van der Waals surface area contributed by atoms with Gasteiger partial charge in [-0.25, -0.2) is 27.1 Å². The number of sulfonamides is 2. The van der Waals surface area contributed by atoms with E-state index in [1.165, 1.54) is 19.7 Å². The Bertz CT molecular complexity index is 1310. The van der Waals surface area contributed by atoms with Crippen LogP contribution in [0.15, 0.2) is 74.2 Å². The van der Waals surface area contributed by atoms with Crippen LogP contribution in [0.3, 0.4) is 0 Å². The lowest BCUT2D eigenvalue weighted by Crippen LogP contribution is -3.61. The molecule has 0 aliphatic carbocycles. The molecule has 0 amide bonds. The van der Waals surface area contributed by atoms with Crippen LogP contribution in [0.1, 0.15) is 13.8 Å². The van der Waals surface area contributed by atoms with Gasteiger partial charge in [-0.05, 0) is 48.5 Å². The molecular weight excluding hydrogens is 737 g/mol. The van der Waals surface area contributed by atoms with E-state index < -0.39 is 36.5 Å². The number of ether oxygens (including phenoxy) is 4. The summed E-state index contributed by atoms with van der Waals surface area (Å²) in [6.07, 6.45) is 2.06. The topological polar surface area (TPSA) is 157 Å². The zero-order valence-electron chi connectivity index (χ0n) is 21.7. The van der Waals surface area contributed by atoms with Crippen LogP contribution in [-0.2, 0) is 29.5 Å². The van der Waals surface area contributed by atoms with E-state index >= 15 is 0 Å². The molecule has 0 fully saturated rings. The van der Waals surface area contributed by atoms with Crippen LogP contribution in [0.5, 0.6) is 11.5 Å². The first-order chi connectivity index (χ1) is 19.1. The molecule has 0 aliphatic heterocycles. The van der Waals surface area contributed by atoms with E-state index in [4.69, 9.17) is 18.9 Å². The summed E-state index contributed by atoms with van der Waals surface area (Å²) in [6, 6.07) is 16.2. The Hall–Kier alpha value is -2.75. The average molecular weight is 763 g/mol. The molecule has 0 aromatic heterocycles. The molecule has 2 aromatic carbocycles. The van der Waals surface area contributed by atoms with E-state index in [9.17, 15) is 43.2 Å². The summed E-state index contributed by atoms with van der Waals surface area (Å²) >= 11 is -0.259. The second-order valence-corrected chi connectivity index (χ2v) is 13.9. The predicted molar refractivity (Wildman–Crippen MR) is 134 cm³/mol. The molecule has 0 aliphatic rings. The highest BCUT2D eigenvalue weighted by Gasteiger charge is 2.81. The van der Waals surface area contributed by atoms with Crippen molar-refractivity contribution in [3.63, 3.8) is 0 Å². The number of nitrogens with two attached hydrogens (primary N) is 2. The maximum absolute atomic E-state index is 12.6. The van der Waals surface area contributed by atoms with Gasteiger partial charge in [-0.3, -0.25) is 0 Å². The smallest absolute Gasteiger partial charge is 0.427 e. The van der Waals surface area contributed by atoms with Crippen molar-refractivity contribution >= 4 is 20.0 Å². The number of primary sulfonamides is 2. The fraction of sp³-hybridized carbons (Fsp3) is 0.304. The summed E-state index contributed by atoms with van der Waals surface area (Å²) in [5.41, 5.74) is 0. The fourth-order valence-corrected chi connectivity index (χ4v) is 5.71. The third-order valence-electron chi connectivity index (χ3n) is 4.47. The van der Waals surface area contributed by atoms with Gasteiger partial charge in [0.2, 0.25) is 12.6 Å². The van der Waals surface area contributed by atoms with Crippen molar-refractivity contribution in [2.45, 2.75) is 42.9 Å². The molecule has 236 valence electrons. The number of alkyl halides is 6. The molecule has 0 saturated heterocycles. The SMILES string of the molecule is C=COC(C)Oc1ccc([I+]c2ccc(OC(C)OC=C)cc2)cc1.NS(=O)(=O)C(F)(F)C(F)(F)C(F)(F)S(N)(=O)=O. The van der Waals surface area contributed by atoms with Gasteiger partial charge >= 0.3 is 37.6 Å². The summed E-state index contributed by atoms with van der Waals surface area (Å²) in [4.78, 5) is 0. The van der Waals surface area contributed by atoms with Crippen molar-refractivity contribution in [3.05, 3.63) is 81.4 Å². The lowest BCUT2D eigenvalue weighted by atomic mass is 10.3. The zero-order chi connectivity index (χ0) is 32.6. The molecule has 2 unspecified atom stereocenters. The van der Waals surface area contributed by atoms with Gasteiger partial charge in [0.05, 0.1) is 12.5 Å². The largest absolute Gasteiger partial charge is 0.463 e. The standard InChI is InChI=1S/C20H22IO4.C3H4F6N2O4S2/c1-5-22-15(3)24-19-11-7-17(8-12-19)21-18-9-13-20(14-10-18)25-16(4)23-6-2;4-1(5,2(6,7)16(10,12)13)3(8,9)17(11,14)15/h5-16H,1-2H2,3-4H3;(H2,10,12,13)(H2,11,14,15)/q+1;. The Balaban J connectivity index is 0.000000456. The highest BCUT2D eigenvalue weighted by molar-refractivity contribution is 7.91. The molecule has 0 heterocycles. The Labute approximate surface area is 248 Å². The zero-order valence-corrected chi connectivity index (χ0v) is 25.5. The Morgan fingerprint density at radius 3 is 1.21 bits per heavy atom. The quantitative estimate of drug-likeness (QED) is 0.125. The molecule has 2 atom stereocenters. The predicted octanol–water partition coefficient (Wildman–Crippen LogP) is 0.969. The second-order valence-electron chi connectivity index (χ2n) is 7.68. The van der Waals surface area contributed by atoms with Crippen LogP contribution in [0.2, 0.25) is 0 Å². The molecule has 0 spiro atoms. The van der Waals surface area contributed by atoms with Crippen molar-refractivity contribution in [2.75, 3.05) is 0 Å². The van der Waals surface area contributed by atoms with Gasteiger partial charge in [0.25, 0.3) is 20.0 Å². The lowest BCUT2D eigenvalue weighted by Gasteiger charge is -2.29. The van der Waals surface area contributed by atoms with Gasteiger partial charge in [0.1, 0.15) is 11.5 Å². The highest BCUT2D eigenvalue weighted by Crippen LogP contribution is 2.49. The minimum atomic E-state index is -6.83. The maximum Gasteiger partial charge on any atom is 0.427 e. The van der Waals surface area contributed by atoms with Crippen molar-refractivity contribution < 1.29 is 83.3 Å². The summed E-state index contributed by atoms with van der Waals surface area (Å²) in [7, 11) is -13.0. The minimum Gasteiger partial charge on any atom is -0.463 e. The maximum atomic E-state index is 12.6. The van der Waals surface area contributed by atoms with Crippen LogP contribution in [0, 0.1) is 7.14 Å². The second kappa shape index (κ2) is 14.6. The number of halogens is 7. The molecule has 0 saturated carbocycles. The van der Waals surface area contributed by atoms with Crippen molar-refractivity contribution in [1.82, 2.24) is 0 Å². The van der Waals surface area contributed by atoms with E-state index in [1.54, 1.807) is 0 Å². The Kier molecular flexibility index (Phi) is 13.0. The molecule has 42 heavy (non-hydrogen) atoms. The van der Waals surface area contributed by atoms with E-state index in [0.717, 1.165) is 11.5 Å². The van der Waals surface area contributed by atoms with Gasteiger partial charge < -0.3 is 18.9 Å². The Morgan fingerprint density at radius 1 is 0.690 bits per heavy atom. The first kappa shape index (κ1) is 37.3. The van der Waals surface area contributed by atoms with Crippen molar-refractivity contribution in [2.24, 2.45) is 10.3 Å². The van der Waals surface area contributed by atoms with Crippen LogP contribution in [0.4, 0.5) is 26.3 Å². The number of benzene rings is 2. The summed E-state index contributed by atoms with van der Waals surface area (Å²) in [5.74, 6) is -5.27. The molecular formula is C23H26F6IN2O8S2+. The first-order valence-corrected chi connectivity index (χ1v) is 16.2. The van der Waals surface area contributed by atoms with Crippen LogP contribution >= 0.6 is 0 Å². The van der Waals surface area contributed by atoms with E-state index in [0.29, 0.717) is 0 Å². The van der Waals surface area contributed by atoms with Crippen LogP contribution in [0.25, 0.3) is 0 Å². The first-order valence-electron chi connectivity index (χ1n) is 11.0. The number of hydrogen-bond donors (Lipinski definition) is 2. The molecule has 0 radical (unpaired) electrons.